The summed E-state index contributed by atoms with van der Waals surface area (Å²) in [6.07, 6.45) is 2.89. The van der Waals surface area contributed by atoms with Gasteiger partial charge < -0.3 is 15.1 Å². The molecule has 0 radical (unpaired) electrons. The molecule has 3 saturated heterocycles. The quantitative estimate of drug-likeness (QED) is 0.735. The van der Waals surface area contributed by atoms with Crippen molar-refractivity contribution in [1.29, 1.82) is 0 Å². The summed E-state index contributed by atoms with van der Waals surface area (Å²) in [4.78, 5) is 30.7. The third-order valence-electron chi connectivity index (χ3n) is 4.96. The summed E-state index contributed by atoms with van der Waals surface area (Å²) >= 11 is 1.93. The van der Waals surface area contributed by atoms with Gasteiger partial charge in [0.15, 0.2) is 0 Å². The van der Waals surface area contributed by atoms with Crippen molar-refractivity contribution in [3.8, 4) is 0 Å². The van der Waals surface area contributed by atoms with Crippen LogP contribution in [0.25, 0.3) is 0 Å². The van der Waals surface area contributed by atoms with Crippen molar-refractivity contribution in [3.63, 3.8) is 0 Å². The smallest absolute Gasteiger partial charge is 0.236 e. The maximum atomic E-state index is 12.4. The lowest BCUT2D eigenvalue weighted by Crippen LogP contribution is -2.52. The van der Waals surface area contributed by atoms with E-state index in [9.17, 15) is 9.59 Å². The molecule has 0 aromatic heterocycles. The molecular formula is C16H30Cl2N4O2S. The van der Waals surface area contributed by atoms with Gasteiger partial charge in [0.1, 0.15) is 0 Å². The number of rotatable bonds is 4. The van der Waals surface area contributed by atoms with Crippen LogP contribution in [0.15, 0.2) is 0 Å². The molecule has 2 amide bonds. The average Bonchev–Trinajstić information content (AvgIpc) is 3.11. The Kier molecular flexibility index (Phi) is 10.5. The molecule has 25 heavy (non-hydrogen) atoms. The lowest BCUT2D eigenvalue weighted by molar-refractivity contribution is -0.135. The number of thioether (sulfide) groups is 1. The fourth-order valence-electron chi connectivity index (χ4n) is 3.50. The molecule has 0 spiro atoms. The highest BCUT2D eigenvalue weighted by Crippen LogP contribution is 2.13. The Morgan fingerprint density at radius 2 is 1.56 bits per heavy atom. The molecule has 0 aliphatic carbocycles. The second-order valence-corrected chi connectivity index (χ2v) is 7.82. The van der Waals surface area contributed by atoms with Crippen LogP contribution in [0.4, 0.5) is 0 Å². The largest absolute Gasteiger partial charge is 0.342 e. The second kappa shape index (κ2) is 11.5. The topological polar surface area (TPSA) is 55.9 Å². The highest BCUT2D eigenvalue weighted by molar-refractivity contribution is 7.99. The Balaban J connectivity index is 0.00000156. The van der Waals surface area contributed by atoms with E-state index in [1.165, 1.54) is 0 Å². The predicted octanol–water partition coefficient (Wildman–Crippen LogP) is 0.692. The van der Waals surface area contributed by atoms with Crippen molar-refractivity contribution in [3.05, 3.63) is 0 Å². The van der Waals surface area contributed by atoms with E-state index < -0.39 is 0 Å². The van der Waals surface area contributed by atoms with E-state index >= 15 is 0 Å². The van der Waals surface area contributed by atoms with E-state index in [-0.39, 0.29) is 36.6 Å². The van der Waals surface area contributed by atoms with Gasteiger partial charge >= 0.3 is 0 Å². The molecule has 1 atom stereocenters. The van der Waals surface area contributed by atoms with Gasteiger partial charge in [-0.25, -0.2) is 0 Å². The van der Waals surface area contributed by atoms with E-state index in [0.717, 1.165) is 70.2 Å². The van der Waals surface area contributed by atoms with Gasteiger partial charge in [-0.3, -0.25) is 14.5 Å². The zero-order valence-corrected chi connectivity index (χ0v) is 17.1. The summed E-state index contributed by atoms with van der Waals surface area (Å²) in [5.41, 5.74) is 0. The van der Waals surface area contributed by atoms with Gasteiger partial charge in [-0.2, -0.15) is 11.8 Å². The van der Waals surface area contributed by atoms with E-state index in [1.54, 1.807) is 0 Å². The molecule has 1 N–H and O–H groups in total. The van der Waals surface area contributed by atoms with E-state index in [2.05, 4.69) is 10.2 Å². The van der Waals surface area contributed by atoms with Gasteiger partial charge in [0.2, 0.25) is 11.8 Å². The van der Waals surface area contributed by atoms with Crippen LogP contribution >= 0.6 is 36.6 Å². The maximum absolute atomic E-state index is 12.4. The third kappa shape index (κ3) is 6.79. The van der Waals surface area contributed by atoms with Crippen molar-refractivity contribution in [1.82, 2.24) is 20.0 Å². The first-order valence-corrected chi connectivity index (χ1v) is 9.97. The maximum Gasteiger partial charge on any atom is 0.236 e. The normalized spacial score (nSPS) is 24.4. The molecule has 6 nitrogen and oxygen atoms in total. The van der Waals surface area contributed by atoms with Crippen molar-refractivity contribution in [2.24, 2.45) is 0 Å². The number of hydrogen-bond acceptors (Lipinski definition) is 5. The molecule has 0 aromatic rings. The van der Waals surface area contributed by atoms with Gasteiger partial charge in [0, 0.05) is 69.8 Å². The fraction of sp³-hybridized carbons (Fsp3) is 0.875. The molecule has 3 aliphatic heterocycles. The molecule has 3 fully saturated rings. The first-order valence-electron chi connectivity index (χ1n) is 8.81. The molecule has 9 heteroatoms. The summed E-state index contributed by atoms with van der Waals surface area (Å²) in [5, 5.41) is 3.43. The van der Waals surface area contributed by atoms with Crippen molar-refractivity contribution < 1.29 is 9.59 Å². The first kappa shape index (κ1) is 22.8. The Bertz CT molecular complexity index is 424. The summed E-state index contributed by atoms with van der Waals surface area (Å²) in [6, 6.07) is 0.330. The van der Waals surface area contributed by atoms with Gasteiger partial charge in [-0.15, -0.1) is 24.8 Å². The summed E-state index contributed by atoms with van der Waals surface area (Å²) in [7, 11) is 0. The average molecular weight is 413 g/mol. The number of hydrogen-bond donors (Lipinski definition) is 1. The zero-order chi connectivity index (χ0) is 16.1. The molecule has 3 aliphatic rings. The van der Waals surface area contributed by atoms with Crippen LogP contribution in [-0.4, -0.2) is 96.4 Å². The molecule has 1 unspecified atom stereocenters. The van der Waals surface area contributed by atoms with Gasteiger partial charge in [-0.05, 0) is 12.8 Å². The molecule has 3 rings (SSSR count). The number of likely N-dealkylation sites (tertiary alicyclic amines) is 1. The Morgan fingerprint density at radius 1 is 0.920 bits per heavy atom. The van der Waals surface area contributed by atoms with E-state index in [0.29, 0.717) is 19.0 Å². The number of piperazine rings is 1. The Morgan fingerprint density at radius 3 is 2.16 bits per heavy atom. The van der Waals surface area contributed by atoms with Crippen LogP contribution in [0, 0.1) is 0 Å². The summed E-state index contributed by atoms with van der Waals surface area (Å²) < 4.78 is 0. The second-order valence-electron chi connectivity index (χ2n) is 6.67. The van der Waals surface area contributed by atoms with Gasteiger partial charge in [0.25, 0.3) is 0 Å². The van der Waals surface area contributed by atoms with E-state index in [4.69, 9.17) is 0 Å². The Hall–Kier alpha value is -0.210. The minimum Gasteiger partial charge on any atom is -0.342 e. The lowest BCUT2D eigenvalue weighted by atomic mass is 10.2. The van der Waals surface area contributed by atoms with Crippen LogP contribution in [0.1, 0.15) is 19.3 Å². The molecule has 0 bridgehead atoms. The number of nitrogens with one attached hydrogen (secondary N) is 1. The molecule has 146 valence electrons. The summed E-state index contributed by atoms with van der Waals surface area (Å²) in [5.74, 6) is 2.70. The number of carbonyl (C=O) groups excluding carboxylic acids is 2. The first-order chi connectivity index (χ1) is 11.2. The van der Waals surface area contributed by atoms with E-state index in [1.807, 2.05) is 21.6 Å². The summed E-state index contributed by atoms with van der Waals surface area (Å²) in [6.45, 7) is 6.51. The predicted molar refractivity (Wildman–Crippen MR) is 107 cm³/mol. The third-order valence-corrected chi connectivity index (χ3v) is 6.09. The Labute approximate surface area is 167 Å². The molecular weight excluding hydrogens is 383 g/mol. The van der Waals surface area contributed by atoms with Crippen LogP contribution in [-0.2, 0) is 9.59 Å². The molecule has 0 saturated carbocycles. The van der Waals surface area contributed by atoms with Crippen LogP contribution in [0.3, 0.4) is 0 Å². The van der Waals surface area contributed by atoms with Crippen molar-refractivity contribution >= 4 is 48.4 Å². The van der Waals surface area contributed by atoms with Crippen molar-refractivity contribution in [2.75, 3.05) is 63.9 Å². The van der Waals surface area contributed by atoms with Crippen LogP contribution in [0.5, 0.6) is 0 Å². The minimum absolute atomic E-state index is 0. The van der Waals surface area contributed by atoms with Crippen LogP contribution in [0.2, 0.25) is 0 Å². The number of halogens is 2. The fourth-order valence-corrected chi connectivity index (χ4v) is 4.45. The highest BCUT2D eigenvalue weighted by atomic mass is 35.5. The molecule has 3 heterocycles. The van der Waals surface area contributed by atoms with Gasteiger partial charge in [0.05, 0.1) is 6.54 Å². The number of carbonyl (C=O) groups is 2. The monoisotopic (exact) mass is 412 g/mol. The SMILES string of the molecule is Cl.Cl.O=C(CC1CSCCN1)N1CCN(CC(=O)N2CCCC2)CC1. The number of nitrogens with zero attached hydrogens (tertiary/aromatic N) is 3. The lowest BCUT2D eigenvalue weighted by Gasteiger charge is -2.36. The standard InChI is InChI=1S/C16H28N4O2S.2ClH/c21-15(11-14-13-23-10-3-17-14)20-8-6-18(7-9-20)12-16(22)19-4-1-2-5-19;;/h14,17H,1-13H2;2*1H. The van der Waals surface area contributed by atoms with Gasteiger partial charge in [-0.1, -0.05) is 0 Å². The van der Waals surface area contributed by atoms with Crippen LogP contribution < -0.4 is 5.32 Å². The minimum atomic E-state index is 0. The molecule has 0 aromatic carbocycles. The number of amides is 2. The zero-order valence-electron chi connectivity index (χ0n) is 14.7. The highest BCUT2D eigenvalue weighted by Gasteiger charge is 2.26. The van der Waals surface area contributed by atoms with Crippen molar-refractivity contribution in [2.45, 2.75) is 25.3 Å².